The molecule has 0 aromatic carbocycles. The lowest BCUT2D eigenvalue weighted by molar-refractivity contribution is -0.125. The van der Waals surface area contributed by atoms with Crippen LogP contribution in [0.5, 0.6) is 0 Å². The van der Waals surface area contributed by atoms with Crippen LogP contribution in [0.2, 0.25) is 0 Å². The van der Waals surface area contributed by atoms with Crippen LogP contribution in [-0.2, 0) is 4.79 Å². The Morgan fingerprint density at radius 1 is 1.21 bits per heavy atom. The summed E-state index contributed by atoms with van der Waals surface area (Å²) < 4.78 is 5.81. The molecule has 28 heavy (non-hydrogen) atoms. The highest BCUT2D eigenvalue weighted by Gasteiger charge is 2.27. The molecule has 154 valence electrons. The van der Waals surface area contributed by atoms with Gasteiger partial charge in [-0.15, -0.1) is 0 Å². The molecular formula is C21H32N4O2S. The van der Waals surface area contributed by atoms with Crippen molar-refractivity contribution in [3.8, 4) is 0 Å². The molecule has 7 heteroatoms. The van der Waals surface area contributed by atoms with Gasteiger partial charge in [-0.2, -0.15) is 16.7 Å². The zero-order valence-electron chi connectivity index (χ0n) is 17.5. The van der Waals surface area contributed by atoms with Gasteiger partial charge in [0.1, 0.15) is 17.4 Å². The zero-order chi connectivity index (χ0) is 20.1. The van der Waals surface area contributed by atoms with Gasteiger partial charge in [0.25, 0.3) is 0 Å². The number of nitrogens with zero attached hydrogens (tertiary/aromatic N) is 3. The maximum atomic E-state index is 12.5. The van der Waals surface area contributed by atoms with Gasteiger partial charge in [-0.1, -0.05) is 6.92 Å². The van der Waals surface area contributed by atoms with E-state index in [1.54, 1.807) is 0 Å². The molecule has 0 radical (unpaired) electrons. The van der Waals surface area contributed by atoms with Crippen molar-refractivity contribution >= 4 is 34.6 Å². The van der Waals surface area contributed by atoms with Crippen LogP contribution >= 0.6 is 11.8 Å². The smallest absolute Gasteiger partial charge is 0.231 e. The summed E-state index contributed by atoms with van der Waals surface area (Å²) in [4.78, 5) is 23.9. The Kier molecular flexibility index (Phi) is 7.21. The predicted molar refractivity (Wildman–Crippen MR) is 116 cm³/mol. The number of carbonyl (C=O) groups is 1. The molecule has 2 aromatic rings. The van der Waals surface area contributed by atoms with Crippen LogP contribution < -0.4 is 10.2 Å². The molecule has 0 aliphatic carbocycles. The molecule has 1 saturated heterocycles. The van der Waals surface area contributed by atoms with E-state index in [4.69, 9.17) is 9.40 Å². The van der Waals surface area contributed by atoms with Crippen molar-refractivity contribution in [2.75, 3.05) is 36.0 Å². The van der Waals surface area contributed by atoms with Crippen molar-refractivity contribution in [2.24, 2.45) is 5.92 Å². The monoisotopic (exact) mass is 404 g/mol. The quantitative estimate of drug-likeness (QED) is 0.670. The summed E-state index contributed by atoms with van der Waals surface area (Å²) >= 11 is 1.97. The first-order valence-corrected chi connectivity index (χ1v) is 11.5. The first-order chi connectivity index (χ1) is 13.5. The second kappa shape index (κ2) is 9.63. The van der Waals surface area contributed by atoms with Gasteiger partial charge in [0, 0.05) is 31.1 Å². The predicted octanol–water partition coefficient (Wildman–Crippen LogP) is 4.01. The number of fused-ring (bicyclic) bond motifs is 1. The fourth-order valence-corrected chi connectivity index (χ4v) is 4.53. The van der Waals surface area contributed by atoms with Gasteiger partial charge in [-0.25, -0.2) is 4.98 Å². The topological polar surface area (TPSA) is 71.3 Å². The number of hydrogen-bond donors (Lipinski definition) is 1. The Labute approximate surface area is 171 Å². The van der Waals surface area contributed by atoms with E-state index in [1.165, 1.54) is 12.2 Å². The normalized spacial score (nSPS) is 15.4. The standard InChI is InChI=1S/C21H32N4O2S/c1-5-12-28-13-6-9-22-20(26)17-7-10-25(11-8-17)19-18-14(2)15(3)27-21(18)24-16(4)23-19/h17H,5-13H2,1-4H3,(H,22,26). The molecule has 6 nitrogen and oxygen atoms in total. The minimum Gasteiger partial charge on any atom is -0.443 e. The Bertz CT molecular complexity index is 812. The van der Waals surface area contributed by atoms with E-state index in [0.717, 1.165) is 73.0 Å². The Balaban J connectivity index is 1.56. The Hall–Kier alpha value is -1.76. The molecule has 1 fully saturated rings. The minimum atomic E-state index is 0.102. The van der Waals surface area contributed by atoms with E-state index in [1.807, 2.05) is 25.6 Å². The molecule has 2 aromatic heterocycles. The van der Waals surface area contributed by atoms with Gasteiger partial charge in [-0.3, -0.25) is 4.79 Å². The third kappa shape index (κ3) is 4.80. The largest absolute Gasteiger partial charge is 0.443 e. The Morgan fingerprint density at radius 2 is 1.96 bits per heavy atom. The molecule has 1 aliphatic heterocycles. The van der Waals surface area contributed by atoms with Gasteiger partial charge in [0.15, 0.2) is 0 Å². The first kappa shape index (κ1) is 21.0. The van der Waals surface area contributed by atoms with Crippen molar-refractivity contribution in [3.05, 3.63) is 17.1 Å². The van der Waals surface area contributed by atoms with Crippen molar-refractivity contribution in [1.29, 1.82) is 0 Å². The highest BCUT2D eigenvalue weighted by molar-refractivity contribution is 7.99. The van der Waals surface area contributed by atoms with Crippen LogP contribution in [0.1, 0.15) is 49.8 Å². The van der Waals surface area contributed by atoms with Gasteiger partial charge < -0.3 is 14.6 Å². The highest BCUT2D eigenvalue weighted by atomic mass is 32.2. The van der Waals surface area contributed by atoms with Crippen molar-refractivity contribution in [1.82, 2.24) is 15.3 Å². The van der Waals surface area contributed by atoms with Gasteiger partial charge >= 0.3 is 0 Å². The summed E-state index contributed by atoms with van der Waals surface area (Å²) in [5.41, 5.74) is 1.77. The fourth-order valence-electron chi connectivity index (χ4n) is 3.69. The van der Waals surface area contributed by atoms with Crippen molar-refractivity contribution in [2.45, 2.75) is 53.4 Å². The lowest BCUT2D eigenvalue weighted by atomic mass is 9.95. The summed E-state index contributed by atoms with van der Waals surface area (Å²) in [6.07, 6.45) is 3.98. The summed E-state index contributed by atoms with van der Waals surface area (Å²) in [7, 11) is 0. The van der Waals surface area contributed by atoms with E-state index >= 15 is 0 Å². The fraction of sp³-hybridized carbons (Fsp3) is 0.667. The number of aryl methyl sites for hydroxylation is 3. The second-order valence-electron chi connectivity index (χ2n) is 7.58. The van der Waals surface area contributed by atoms with Gasteiger partial charge in [-0.05, 0) is 58.0 Å². The van der Waals surface area contributed by atoms with Crippen molar-refractivity contribution < 1.29 is 9.21 Å². The van der Waals surface area contributed by atoms with Crippen LogP contribution in [0.15, 0.2) is 4.42 Å². The second-order valence-corrected chi connectivity index (χ2v) is 8.80. The summed E-state index contributed by atoms with van der Waals surface area (Å²) in [5.74, 6) is 5.20. The first-order valence-electron chi connectivity index (χ1n) is 10.4. The summed E-state index contributed by atoms with van der Waals surface area (Å²) in [5, 5.41) is 4.13. The Morgan fingerprint density at radius 3 is 2.68 bits per heavy atom. The number of nitrogens with one attached hydrogen (secondary N) is 1. The highest BCUT2D eigenvalue weighted by Crippen LogP contribution is 2.33. The van der Waals surface area contributed by atoms with Crippen LogP contribution in [0.25, 0.3) is 11.1 Å². The average Bonchev–Trinajstić information content (AvgIpc) is 2.97. The van der Waals surface area contributed by atoms with Gasteiger partial charge in [0.05, 0.1) is 5.39 Å². The number of amides is 1. The maximum absolute atomic E-state index is 12.5. The summed E-state index contributed by atoms with van der Waals surface area (Å²) in [6.45, 7) is 10.6. The number of hydrogen-bond acceptors (Lipinski definition) is 6. The third-order valence-corrected chi connectivity index (χ3v) is 6.67. The molecule has 1 N–H and O–H groups in total. The SMILES string of the molecule is CCCSCCCNC(=O)C1CCN(c2nc(C)nc3oc(C)c(C)c23)CC1. The summed E-state index contributed by atoms with van der Waals surface area (Å²) in [6, 6.07) is 0. The maximum Gasteiger partial charge on any atom is 0.231 e. The molecule has 1 aliphatic rings. The number of carbonyl (C=O) groups excluding carboxylic acids is 1. The van der Waals surface area contributed by atoms with Crippen LogP contribution in [0.4, 0.5) is 5.82 Å². The van der Waals surface area contributed by atoms with E-state index in [2.05, 4.69) is 29.0 Å². The number of furan rings is 1. The molecule has 0 atom stereocenters. The van der Waals surface area contributed by atoms with Crippen molar-refractivity contribution in [3.63, 3.8) is 0 Å². The average molecular weight is 405 g/mol. The number of piperidine rings is 1. The zero-order valence-corrected chi connectivity index (χ0v) is 18.3. The molecule has 0 saturated carbocycles. The number of anilines is 1. The van der Waals surface area contributed by atoms with E-state index in [0.29, 0.717) is 5.71 Å². The molecular weight excluding hydrogens is 372 g/mol. The molecule has 3 heterocycles. The number of aromatic nitrogens is 2. The lowest BCUT2D eigenvalue weighted by Crippen LogP contribution is -2.41. The van der Waals surface area contributed by atoms with E-state index < -0.39 is 0 Å². The van der Waals surface area contributed by atoms with Gasteiger partial charge in [0.2, 0.25) is 11.6 Å². The van der Waals surface area contributed by atoms with E-state index in [9.17, 15) is 4.79 Å². The molecule has 1 amide bonds. The molecule has 0 spiro atoms. The molecule has 3 rings (SSSR count). The van der Waals surface area contributed by atoms with E-state index in [-0.39, 0.29) is 11.8 Å². The minimum absolute atomic E-state index is 0.102. The number of rotatable bonds is 8. The lowest BCUT2D eigenvalue weighted by Gasteiger charge is -2.32. The van der Waals surface area contributed by atoms with Crippen LogP contribution in [0.3, 0.4) is 0 Å². The third-order valence-electron chi connectivity index (χ3n) is 5.40. The molecule has 0 bridgehead atoms. The molecule has 0 unspecified atom stereocenters. The van der Waals surface area contributed by atoms with Crippen LogP contribution in [0, 0.1) is 26.7 Å². The number of thioether (sulfide) groups is 1. The van der Waals surface area contributed by atoms with Crippen LogP contribution in [-0.4, -0.2) is 47.0 Å².